The number of carboxylic acid groups (broad SMARTS) is 1. The Bertz CT molecular complexity index is 1080. The molecule has 1 aromatic heterocycles. The van der Waals surface area contributed by atoms with Crippen molar-refractivity contribution in [1.29, 1.82) is 0 Å². The lowest BCUT2D eigenvalue weighted by atomic mass is 9.98. The molecule has 2 atom stereocenters. The number of hydrogen-bond donors (Lipinski definition) is 3. The van der Waals surface area contributed by atoms with E-state index in [9.17, 15) is 19.4 Å². The van der Waals surface area contributed by atoms with E-state index in [1.165, 1.54) is 18.2 Å². The lowest BCUT2D eigenvalue weighted by Crippen LogP contribution is -2.19. The number of aliphatic carboxylic acids is 1. The van der Waals surface area contributed by atoms with Gasteiger partial charge < -0.3 is 15.3 Å². The van der Waals surface area contributed by atoms with Crippen molar-refractivity contribution < 1.29 is 24.5 Å². The molecular weight excluding hydrogens is 411 g/mol. The summed E-state index contributed by atoms with van der Waals surface area (Å²) in [6.45, 7) is 3.97. The Kier molecular flexibility index (Phi) is 7.56. The molecule has 0 aliphatic heterocycles. The summed E-state index contributed by atoms with van der Waals surface area (Å²) in [6.07, 6.45) is 0.503. The van der Waals surface area contributed by atoms with Crippen LogP contribution in [0.1, 0.15) is 38.4 Å². The summed E-state index contributed by atoms with van der Waals surface area (Å²) in [6, 6.07) is 15.8. The third-order valence-corrected chi connectivity index (χ3v) is 5.02. The molecule has 3 aromatic rings. The number of aliphatic hydroxyl groups is 2. The number of benzene rings is 2. The Hall–Kier alpha value is -3.29. The van der Waals surface area contributed by atoms with E-state index in [-0.39, 0.29) is 18.3 Å². The maximum absolute atomic E-state index is 13.6. The summed E-state index contributed by atoms with van der Waals surface area (Å²) in [5.41, 5.74) is 3.91. The topological polar surface area (TPSA) is 95.6 Å². The molecule has 6 nitrogen and oxygen atoms in total. The van der Waals surface area contributed by atoms with Crippen molar-refractivity contribution in [2.24, 2.45) is 0 Å². The van der Waals surface area contributed by atoms with Gasteiger partial charge in [-0.15, -0.1) is 0 Å². The lowest BCUT2D eigenvalue weighted by molar-refractivity contribution is -0.139. The number of halogens is 1. The van der Waals surface area contributed by atoms with Gasteiger partial charge in [0.1, 0.15) is 11.5 Å². The number of aliphatic hydroxyl groups excluding tert-OH is 2. The van der Waals surface area contributed by atoms with E-state index in [1.807, 2.05) is 48.9 Å². The quantitative estimate of drug-likeness (QED) is 0.456. The van der Waals surface area contributed by atoms with Gasteiger partial charge in [0.15, 0.2) is 0 Å². The molecular formula is C25H27FN2O4. The maximum atomic E-state index is 13.6. The number of carbonyl (C=O) groups is 1. The van der Waals surface area contributed by atoms with Crippen LogP contribution >= 0.6 is 0 Å². The van der Waals surface area contributed by atoms with Crippen LogP contribution in [0, 0.1) is 5.82 Å². The summed E-state index contributed by atoms with van der Waals surface area (Å²) in [7, 11) is 0. The fourth-order valence-corrected chi connectivity index (χ4v) is 3.54. The first-order chi connectivity index (χ1) is 15.3. The van der Waals surface area contributed by atoms with Gasteiger partial charge in [-0.3, -0.25) is 9.48 Å². The normalized spacial score (nSPS) is 13.6. The molecule has 0 aliphatic rings. The highest BCUT2D eigenvalue weighted by Gasteiger charge is 2.21. The molecule has 0 spiro atoms. The van der Waals surface area contributed by atoms with E-state index in [4.69, 9.17) is 10.2 Å². The van der Waals surface area contributed by atoms with Gasteiger partial charge in [0, 0.05) is 23.6 Å². The molecule has 168 valence electrons. The first kappa shape index (κ1) is 23.4. The molecule has 32 heavy (non-hydrogen) atoms. The van der Waals surface area contributed by atoms with Crippen LogP contribution < -0.4 is 0 Å². The minimum atomic E-state index is -1.15. The molecule has 0 radical (unpaired) electrons. The Morgan fingerprint density at radius 2 is 1.72 bits per heavy atom. The van der Waals surface area contributed by atoms with Crippen molar-refractivity contribution in [3.8, 4) is 22.4 Å². The van der Waals surface area contributed by atoms with E-state index in [2.05, 4.69) is 0 Å². The Morgan fingerprint density at radius 1 is 1.06 bits per heavy atom. The molecule has 0 saturated carbocycles. The van der Waals surface area contributed by atoms with Gasteiger partial charge in [-0.25, -0.2) is 4.39 Å². The van der Waals surface area contributed by atoms with Crippen molar-refractivity contribution in [2.75, 3.05) is 0 Å². The van der Waals surface area contributed by atoms with E-state index in [0.717, 1.165) is 28.1 Å². The van der Waals surface area contributed by atoms with Crippen LogP contribution in [0.25, 0.3) is 28.5 Å². The second-order valence-corrected chi connectivity index (χ2v) is 7.93. The summed E-state index contributed by atoms with van der Waals surface area (Å²) in [5, 5.41) is 33.8. The van der Waals surface area contributed by atoms with E-state index >= 15 is 0 Å². The number of hydrogen-bond acceptors (Lipinski definition) is 4. The second kappa shape index (κ2) is 10.3. The number of rotatable bonds is 9. The summed E-state index contributed by atoms with van der Waals surface area (Å²) in [5.74, 6) is -1.47. The zero-order valence-electron chi connectivity index (χ0n) is 18.0. The van der Waals surface area contributed by atoms with Crippen LogP contribution in [-0.2, 0) is 4.79 Å². The van der Waals surface area contributed by atoms with E-state index in [1.54, 1.807) is 18.2 Å². The van der Waals surface area contributed by atoms with Gasteiger partial charge in [0.25, 0.3) is 0 Å². The first-order valence-corrected chi connectivity index (χ1v) is 10.5. The van der Waals surface area contributed by atoms with Gasteiger partial charge in [-0.05, 0) is 37.6 Å². The largest absolute Gasteiger partial charge is 0.481 e. The van der Waals surface area contributed by atoms with Crippen LogP contribution in [0.4, 0.5) is 4.39 Å². The van der Waals surface area contributed by atoms with E-state index in [0.29, 0.717) is 0 Å². The Labute approximate surface area is 186 Å². The highest BCUT2D eigenvalue weighted by atomic mass is 19.1. The highest BCUT2D eigenvalue weighted by molar-refractivity contribution is 5.86. The molecule has 0 unspecified atom stereocenters. The predicted molar refractivity (Wildman–Crippen MR) is 121 cm³/mol. The minimum absolute atomic E-state index is 0.000976. The van der Waals surface area contributed by atoms with Crippen LogP contribution in [0.2, 0.25) is 0 Å². The van der Waals surface area contributed by atoms with Gasteiger partial charge >= 0.3 is 5.97 Å². The molecule has 0 saturated heterocycles. The van der Waals surface area contributed by atoms with Crippen LogP contribution in [0.3, 0.4) is 0 Å². The smallest absolute Gasteiger partial charge is 0.305 e. The zero-order valence-corrected chi connectivity index (χ0v) is 18.0. The molecule has 0 fully saturated rings. The summed E-state index contributed by atoms with van der Waals surface area (Å²) >= 11 is 0. The minimum Gasteiger partial charge on any atom is -0.481 e. The van der Waals surface area contributed by atoms with Crippen LogP contribution in [-0.4, -0.2) is 43.3 Å². The SMILES string of the molecule is CC(C)n1nc(-c2ccccc2)c(-c2ccc(F)cc2)c1C=C[C@@H](O)C[C@@H](O)CC(=O)O. The first-order valence-electron chi connectivity index (χ1n) is 10.5. The lowest BCUT2D eigenvalue weighted by Gasteiger charge is -2.12. The summed E-state index contributed by atoms with van der Waals surface area (Å²) in [4.78, 5) is 10.8. The number of aromatic nitrogens is 2. The standard InChI is InChI=1S/C25H27FN2O4/c1-16(2)28-22(13-12-20(29)14-21(30)15-23(31)32)24(17-8-10-19(26)11-9-17)25(27-28)18-6-4-3-5-7-18/h3-13,16,20-21,29-30H,14-15H2,1-2H3,(H,31,32)/t20-,21-/m1/s1. The molecule has 0 bridgehead atoms. The highest BCUT2D eigenvalue weighted by Crippen LogP contribution is 2.36. The predicted octanol–water partition coefficient (Wildman–Crippen LogP) is 4.54. The molecule has 7 heteroatoms. The van der Waals surface area contributed by atoms with Gasteiger partial charge in [-0.1, -0.05) is 48.5 Å². The fraction of sp³-hybridized carbons (Fsp3) is 0.280. The fourth-order valence-electron chi connectivity index (χ4n) is 3.54. The van der Waals surface area contributed by atoms with Crippen molar-refractivity contribution in [3.05, 3.63) is 72.2 Å². The molecule has 3 rings (SSSR count). The molecule has 1 heterocycles. The monoisotopic (exact) mass is 438 g/mol. The summed E-state index contributed by atoms with van der Waals surface area (Å²) < 4.78 is 15.4. The van der Waals surface area contributed by atoms with Crippen molar-refractivity contribution in [2.45, 2.75) is 44.9 Å². The maximum Gasteiger partial charge on any atom is 0.305 e. The Balaban J connectivity index is 2.08. The van der Waals surface area contributed by atoms with E-state index < -0.39 is 24.6 Å². The van der Waals surface area contributed by atoms with Crippen LogP contribution in [0.15, 0.2) is 60.7 Å². The van der Waals surface area contributed by atoms with Gasteiger partial charge in [0.05, 0.1) is 24.3 Å². The average molecular weight is 438 g/mol. The zero-order chi connectivity index (χ0) is 23.3. The van der Waals surface area contributed by atoms with Crippen molar-refractivity contribution in [1.82, 2.24) is 9.78 Å². The van der Waals surface area contributed by atoms with Crippen LogP contribution in [0.5, 0.6) is 0 Å². The van der Waals surface area contributed by atoms with Gasteiger partial charge in [-0.2, -0.15) is 5.10 Å². The number of nitrogens with zero attached hydrogens (tertiary/aromatic N) is 2. The Morgan fingerprint density at radius 3 is 2.31 bits per heavy atom. The second-order valence-electron chi connectivity index (χ2n) is 7.93. The number of carboxylic acids is 1. The molecule has 0 aliphatic carbocycles. The molecule has 0 amide bonds. The van der Waals surface area contributed by atoms with Crippen molar-refractivity contribution >= 4 is 12.0 Å². The molecule has 3 N–H and O–H groups in total. The average Bonchev–Trinajstić information content (AvgIpc) is 3.12. The third kappa shape index (κ3) is 5.69. The van der Waals surface area contributed by atoms with Crippen molar-refractivity contribution in [3.63, 3.8) is 0 Å². The van der Waals surface area contributed by atoms with Gasteiger partial charge in [0.2, 0.25) is 0 Å². The molecule has 2 aromatic carbocycles. The third-order valence-electron chi connectivity index (χ3n) is 5.02.